The van der Waals surface area contributed by atoms with Crippen molar-refractivity contribution in [2.45, 2.75) is 51.5 Å². The van der Waals surface area contributed by atoms with E-state index in [1.807, 2.05) is 17.0 Å². The van der Waals surface area contributed by atoms with Crippen LogP contribution < -0.4 is 5.32 Å². The number of amides is 2. The Morgan fingerprint density at radius 2 is 1.84 bits per heavy atom. The predicted octanol–water partition coefficient (Wildman–Crippen LogP) is 7.10. The maximum Gasteiger partial charge on any atom is 0.322 e. The maximum atomic E-state index is 13.4. The summed E-state index contributed by atoms with van der Waals surface area (Å²) in [4.78, 5) is 14.6. The van der Waals surface area contributed by atoms with Crippen molar-refractivity contribution in [3.8, 4) is 0 Å². The SMILES string of the molecule is CCc1cc(Cl)c(CCC2CC3CC(C2)N(C(=O)Nc2ccc(F)c(F)c2)C3)c(Cl)c1. The van der Waals surface area contributed by atoms with E-state index in [1.165, 1.54) is 6.07 Å². The number of benzene rings is 2. The van der Waals surface area contributed by atoms with E-state index in [0.29, 0.717) is 18.4 Å². The summed E-state index contributed by atoms with van der Waals surface area (Å²) in [6, 6.07) is 7.32. The van der Waals surface area contributed by atoms with Crippen LogP contribution in [0.4, 0.5) is 19.3 Å². The Hall–Kier alpha value is -1.85. The summed E-state index contributed by atoms with van der Waals surface area (Å²) >= 11 is 12.9. The number of carbonyl (C=O) groups is 1. The first kappa shape index (κ1) is 22.3. The molecule has 2 amide bonds. The summed E-state index contributed by atoms with van der Waals surface area (Å²) in [5.74, 6) is -0.930. The number of fused-ring (bicyclic) bond motifs is 2. The van der Waals surface area contributed by atoms with Crippen molar-refractivity contribution in [1.29, 1.82) is 0 Å². The molecule has 3 unspecified atom stereocenters. The van der Waals surface area contributed by atoms with Crippen molar-refractivity contribution < 1.29 is 13.6 Å². The number of nitrogens with one attached hydrogen (secondary N) is 1. The molecule has 31 heavy (non-hydrogen) atoms. The number of halogens is 4. The Labute approximate surface area is 191 Å². The summed E-state index contributed by atoms with van der Waals surface area (Å²) in [5, 5.41) is 4.17. The Morgan fingerprint density at radius 1 is 1.10 bits per heavy atom. The lowest BCUT2D eigenvalue weighted by atomic mass is 9.79. The van der Waals surface area contributed by atoms with E-state index in [0.717, 1.165) is 71.8 Å². The van der Waals surface area contributed by atoms with Gasteiger partial charge < -0.3 is 10.2 Å². The number of anilines is 1. The molecule has 1 aliphatic heterocycles. The third-order valence-corrected chi connectivity index (χ3v) is 7.29. The van der Waals surface area contributed by atoms with Gasteiger partial charge in [-0.25, -0.2) is 13.6 Å². The molecule has 2 bridgehead atoms. The molecule has 2 aliphatic rings. The van der Waals surface area contributed by atoms with Crippen LogP contribution in [0.5, 0.6) is 0 Å². The van der Waals surface area contributed by atoms with Gasteiger partial charge in [-0.05, 0) is 85.8 Å². The molecule has 4 rings (SSSR count). The fourth-order valence-corrected chi connectivity index (χ4v) is 5.78. The Bertz CT molecular complexity index is 961. The van der Waals surface area contributed by atoms with Gasteiger partial charge in [0.1, 0.15) is 0 Å². The van der Waals surface area contributed by atoms with Gasteiger partial charge in [-0.3, -0.25) is 0 Å². The molecule has 0 spiro atoms. The molecule has 1 aliphatic carbocycles. The molecule has 166 valence electrons. The third kappa shape index (κ3) is 4.98. The average molecular weight is 467 g/mol. The zero-order chi connectivity index (χ0) is 22.1. The highest BCUT2D eigenvalue weighted by atomic mass is 35.5. The predicted molar refractivity (Wildman–Crippen MR) is 121 cm³/mol. The van der Waals surface area contributed by atoms with Crippen molar-refractivity contribution in [2.24, 2.45) is 11.8 Å². The van der Waals surface area contributed by atoms with Crippen LogP contribution in [-0.2, 0) is 12.8 Å². The van der Waals surface area contributed by atoms with E-state index in [-0.39, 0.29) is 17.8 Å². The number of hydrogen-bond donors (Lipinski definition) is 1. The zero-order valence-corrected chi connectivity index (χ0v) is 18.9. The molecule has 2 fully saturated rings. The summed E-state index contributed by atoms with van der Waals surface area (Å²) in [7, 11) is 0. The molecule has 2 aromatic carbocycles. The van der Waals surface area contributed by atoms with Gasteiger partial charge in [0.25, 0.3) is 0 Å². The minimum atomic E-state index is -0.970. The number of hydrogen-bond acceptors (Lipinski definition) is 1. The van der Waals surface area contributed by atoms with Gasteiger partial charge in [0.05, 0.1) is 0 Å². The summed E-state index contributed by atoms with van der Waals surface area (Å²) in [6.07, 6.45) is 5.71. The molecular formula is C24H26Cl2F2N2O. The molecule has 3 atom stereocenters. The molecule has 1 heterocycles. The molecule has 0 aromatic heterocycles. The smallest absolute Gasteiger partial charge is 0.321 e. The van der Waals surface area contributed by atoms with Gasteiger partial charge in [-0.15, -0.1) is 0 Å². The first-order valence-electron chi connectivity index (χ1n) is 10.8. The van der Waals surface area contributed by atoms with Crippen molar-refractivity contribution in [3.63, 3.8) is 0 Å². The number of nitrogens with zero attached hydrogens (tertiary/aromatic N) is 1. The van der Waals surface area contributed by atoms with Crippen LogP contribution in [0.3, 0.4) is 0 Å². The summed E-state index contributed by atoms with van der Waals surface area (Å²) in [6.45, 7) is 2.78. The highest BCUT2D eigenvalue weighted by Gasteiger charge is 2.41. The summed E-state index contributed by atoms with van der Waals surface area (Å²) in [5.41, 5.74) is 2.41. The van der Waals surface area contributed by atoms with Crippen molar-refractivity contribution in [2.75, 3.05) is 11.9 Å². The van der Waals surface area contributed by atoms with E-state index in [4.69, 9.17) is 23.2 Å². The Kier molecular flexibility index (Phi) is 6.73. The van der Waals surface area contributed by atoms with Crippen LogP contribution in [0.2, 0.25) is 10.0 Å². The lowest BCUT2D eigenvalue weighted by Gasteiger charge is -2.30. The van der Waals surface area contributed by atoms with Gasteiger partial charge in [-0.2, -0.15) is 0 Å². The molecule has 3 nitrogen and oxygen atoms in total. The van der Waals surface area contributed by atoms with E-state index in [2.05, 4.69) is 12.2 Å². The van der Waals surface area contributed by atoms with Crippen LogP contribution in [0.15, 0.2) is 30.3 Å². The average Bonchev–Trinajstić information content (AvgIpc) is 3.04. The van der Waals surface area contributed by atoms with E-state index in [9.17, 15) is 13.6 Å². The van der Waals surface area contributed by atoms with Crippen LogP contribution in [0.25, 0.3) is 0 Å². The highest BCUT2D eigenvalue weighted by Crippen LogP contribution is 2.41. The molecule has 0 radical (unpaired) electrons. The van der Waals surface area contributed by atoms with Crippen LogP contribution >= 0.6 is 23.2 Å². The van der Waals surface area contributed by atoms with E-state index in [1.54, 1.807) is 0 Å². The van der Waals surface area contributed by atoms with Crippen LogP contribution in [-0.4, -0.2) is 23.5 Å². The molecule has 1 saturated heterocycles. The second-order valence-electron chi connectivity index (χ2n) is 8.73. The summed E-state index contributed by atoms with van der Waals surface area (Å²) < 4.78 is 26.6. The van der Waals surface area contributed by atoms with Gasteiger partial charge in [0.2, 0.25) is 0 Å². The number of aryl methyl sites for hydroxylation is 1. The lowest BCUT2D eigenvalue weighted by molar-refractivity contribution is 0.196. The normalized spacial score (nSPS) is 22.6. The minimum Gasteiger partial charge on any atom is -0.321 e. The molecule has 1 saturated carbocycles. The van der Waals surface area contributed by atoms with Crippen molar-refractivity contribution >= 4 is 34.9 Å². The quantitative estimate of drug-likeness (QED) is 0.500. The van der Waals surface area contributed by atoms with Gasteiger partial charge >= 0.3 is 6.03 Å². The Balaban J connectivity index is 1.36. The minimum absolute atomic E-state index is 0.169. The number of urea groups is 1. The third-order valence-electron chi connectivity index (χ3n) is 6.62. The van der Waals surface area contributed by atoms with E-state index >= 15 is 0 Å². The lowest BCUT2D eigenvalue weighted by Crippen LogP contribution is -2.39. The standard InChI is InChI=1S/C24H26Cl2F2N2O/c1-2-14-10-20(25)19(21(26)11-14)5-3-15-7-16-9-18(8-15)30(13-16)24(31)29-17-4-6-22(27)23(28)12-17/h4,6,10-12,15-16,18H,2-3,5,7-9,13H2,1H3,(H,29,31). The first-order chi connectivity index (χ1) is 14.8. The van der Waals surface area contributed by atoms with Gasteiger partial charge in [0, 0.05) is 34.4 Å². The molecular weight excluding hydrogens is 441 g/mol. The fourth-order valence-electron chi connectivity index (χ4n) is 5.06. The second-order valence-corrected chi connectivity index (χ2v) is 9.55. The number of likely N-dealkylation sites (tertiary alicyclic amines) is 1. The second kappa shape index (κ2) is 9.33. The van der Waals surface area contributed by atoms with Crippen molar-refractivity contribution in [3.05, 3.63) is 63.1 Å². The monoisotopic (exact) mass is 466 g/mol. The number of rotatable bonds is 5. The molecule has 2 aromatic rings. The molecule has 7 heteroatoms. The highest BCUT2D eigenvalue weighted by molar-refractivity contribution is 6.36. The van der Waals surface area contributed by atoms with Crippen LogP contribution in [0.1, 0.15) is 43.7 Å². The first-order valence-corrected chi connectivity index (χ1v) is 11.6. The number of carbonyl (C=O) groups excluding carboxylic acids is 1. The Morgan fingerprint density at radius 3 is 2.52 bits per heavy atom. The maximum absolute atomic E-state index is 13.4. The topological polar surface area (TPSA) is 32.3 Å². The van der Waals surface area contributed by atoms with E-state index < -0.39 is 11.6 Å². The zero-order valence-electron chi connectivity index (χ0n) is 17.4. The molecule has 1 N–H and O–H groups in total. The largest absolute Gasteiger partial charge is 0.322 e. The van der Waals surface area contributed by atoms with Gasteiger partial charge in [-0.1, -0.05) is 30.1 Å². The van der Waals surface area contributed by atoms with Gasteiger partial charge in [0.15, 0.2) is 11.6 Å². The fraction of sp³-hybridized carbons (Fsp3) is 0.458. The van der Waals surface area contributed by atoms with Crippen LogP contribution in [0, 0.1) is 23.5 Å². The van der Waals surface area contributed by atoms with Crippen molar-refractivity contribution in [1.82, 2.24) is 4.90 Å².